The molecule has 1 aliphatic rings. The maximum atomic E-state index is 13.7. The summed E-state index contributed by atoms with van der Waals surface area (Å²) in [5.41, 5.74) is 0.672. The lowest BCUT2D eigenvalue weighted by Gasteiger charge is -2.42. The van der Waals surface area contributed by atoms with Crippen LogP contribution in [-0.4, -0.2) is 61.9 Å². The lowest BCUT2D eigenvalue weighted by atomic mass is 9.90. The fourth-order valence-electron chi connectivity index (χ4n) is 4.28. The molecule has 1 aliphatic heterocycles. The highest BCUT2D eigenvalue weighted by atomic mass is 19.4. The van der Waals surface area contributed by atoms with Crippen molar-refractivity contribution < 1.29 is 18.0 Å². The van der Waals surface area contributed by atoms with E-state index in [1.54, 1.807) is 24.1 Å². The van der Waals surface area contributed by atoms with E-state index in [1.165, 1.54) is 23.3 Å². The first-order valence-electron chi connectivity index (χ1n) is 11.0. The molecule has 11 heteroatoms. The van der Waals surface area contributed by atoms with Gasteiger partial charge in [0, 0.05) is 32.0 Å². The van der Waals surface area contributed by atoms with Crippen molar-refractivity contribution >= 4 is 11.7 Å². The van der Waals surface area contributed by atoms with Crippen LogP contribution in [0.3, 0.4) is 0 Å². The molecule has 0 N–H and O–H groups in total. The van der Waals surface area contributed by atoms with Crippen LogP contribution in [0.1, 0.15) is 41.5 Å². The normalized spacial score (nSPS) is 18.7. The largest absolute Gasteiger partial charge is 0.417 e. The minimum absolute atomic E-state index is 0.170. The van der Waals surface area contributed by atoms with Gasteiger partial charge in [-0.1, -0.05) is 6.92 Å². The quantitative estimate of drug-likeness (QED) is 0.562. The third kappa shape index (κ3) is 4.87. The smallest absolute Gasteiger partial charge is 0.358 e. The Bertz CT molecular complexity index is 1130. The zero-order chi connectivity index (χ0) is 24.5. The molecule has 3 aromatic heterocycles. The van der Waals surface area contributed by atoms with E-state index in [1.807, 2.05) is 11.8 Å². The van der Waals surface area contributed by atoms with E-state index in [0.717, 1.165) is 25.1 Å². The lowest BCUT2D eigenvalue weighted by molar-refractivity contribution is -0.137. The summed E-state index contributed by atoms with van der Waals surface area (Å²) in [6, 6.07) is 5.78. The molecule has 0 bridgehead atoms. The van der Waals surface area contributed by atoms with Crippen molar-refractivity contribution in [2.24, 2.45) is 5.92 Å². The van der Waals surface area contributed by atoms with Crippen molar-refractivity contribution in [2.45, 2.75) is 38.9 Å². The predicted molar refractivity (Wildman–Crippen MR) is 120 cm³/mol. The maximum absolute atomic E-state index is 13.7. The Hall–Kier alpha value is -3.50. The zero-order valence-electron chi connectivity index (χ0n) is 19.2. The number of halogens is 3. The standard InChI is InChI=1S/C23H26F3N7O/c1-15-5-4-12-32(19(15)14-31(3)20-9-7-17(13-27-20)23(24,25)26)22(34)21-18(8-6-16(2)30-21)33-28-10-11-29-33/h6-11,13,15,19H,4-5,12,14H2,1-3H3. The van der Waals surface area contributed by atoms with Gasteiger partial charge in [-0.15, -0.1) is 4.80 Å². The Kier molecular flexibility index (Phi) is 6.54. The summed E-state index contributed by atoms with van der Waals surface area (Å²) in [6.07, 6.45) is 1.26. The summed E-state index contributed by atoms with van der Waals surface area (Å²) >= 11 is 0. The second-order valence-corrected chi connectivity index (χ2v) is 8.61. The summed E-state index contributed by atoms with van der Waals surface area (Å²) in [4.78, 5) is 27.2. The molecule has 0 aromatic carbocycles. The van der Waals surface area contributed by atoms with Crippen LogP contribution in [0.15, 0.2) is 42.9 Å². The van der Waals surface area contributed by atoms with Gasteiger partial charge < -0.3 is 9.80 Å². The molecule has 180 valence electrons. The van der Waals surface area contributed by atoms with Crippen LogP contribution in [0.4, 0.5) is 19.0 Å². The van der Waals surface area contributed by atoms with Crippen LogP contribution in [-0.2, 0) is 6.18 Å². The molecular weight excluding hydrogens is 447 g/mol. The Morgan fingerprint density at radius 1 is 1.18 bits per heavy atom. The molecular formula is C23H26F3N7O. The number of pyridine rings is 2. The van der Waals surface area contributed by atoms with Crippen LogP contribution in [0, 0.1) is 12.8 Å². The number of piperidine rings is 1. The second-order valence-electron chi connectivity index (χ2n) is 8.61. The summed E-state index contributed by atoms with van der Waals surface area (Å²) in [5.74, 6) is 0.375. The average molecular weight is 474 g/mol. The summed E-state index contributed by atoms with van der Waals surface area (Å²) in [7, 11) is 1.77. The van der Waals surface area contributed by atoms with Crippen molar-refractivity contribution in [3.05, 3.63) is 59.8 Å². The topological polar surface area (TPSA) is 80.0 Å². The van der Waals surface area contributed by atoms with E-state index in [4.69, 9.17) is 0 Å². The minimum atomic E-state index is -4.44. The molecule has 8 nitrogen and oxygen atoms in total. The number of hydrogen-bond acceptors (Lipinski definition) is 6. The van der Waals surface area contributed by atoms with E-state index in [0.29, 0.717) is 30.3 Å². The molecule has 0 aliphatic carbocycles. The average Bonchev–Trinajstić information content (AvgIpc) is 3.34. The monoisotopic (exact) mass is 473 g/mol. The van der Waals surface area contributed by atoms with Crippen molar-refractivity contribution in [2.75, 3.05) is 25.0 Å². The number of alkyl halides is 3. The van der Waals surface area contributed by atoms with Crippen LogP contribution in [0.25, 0.3) is 5.69 Å². The molecule has 1 saturated heterocycles. The van der Waals surface area contributed by atoms with Gasteiger partial charge in [0.15, 0.2) is 5.69 Å². The Balaban J connectivity index is 1.60. The molecule has 2 unspecified atom stereocenters. The van der Waals surface area contributed by atoms with Gasteiger partial charge in [0.05, 0.1) is 24.0 Å². The fourth-order valence-corrected chi connectivity index (χ4v) is 4.28. The van der Waals surface area contributed by atoms with Crippen molar-refractivity contribution in [1.29, 1.82) is 0 Å². The van der Waals surface area contributed by atoms with E-state index in [-0.39, 0.29) is 23.6 Å². The number of rotatable bonds is 5. The van der Waals surface area contributed by atoms with Gasteiger partial charge in [0.2, 0.25) is 0 Å². The number of carbonyl (C=O) groups excluding carboxylic acids is 1. The Morgan fingerprint density at radius 3 is 2.56 bits per heavy atom. The van der Waals surface area contributed by atoms with Crippen LogP contribution < -0.4 is 4.90 Å². The van der Waals surface area contributed by atoms with Gasteiger partial charge in [-0.05, 0) is 49.9 Å². The van der Waals surface area contributed by atoms with Gasteiger partial charge in [-0.3, -0.25) is 4.79 Å². The highest BCUT2D eigenvalue weighted by Gasteiger charge is 2.35. The number of amides is 1. The van der Waals surface area contributed by atoms with E-state index in [2.05, 4.69) is 27.1 Å². The number of aromatic nitrogens is 5. The molecule has 0 spiro atoms. The van der Waals surface area contributed by atoms with Crippen molar-refractivity contribution in [3.63, 3.8) is 0 Å². The molecule has 2 atom stereocenters. The molecule has 1 amide bonds. The van der Waals surface area contributed by atoms with E-state index < -0.39 is 11.7 Å². The molecule has 4 rings (SSSR count). The molecule has 0 saturated carbocycles. The van der Waals surface area contributed by atoms with Gasteiger partial charge in [0.1, 0.15) is 11.5 Å². The lowest BCUT2D eigenvalue weighted by Crippen LogP contribution is -2.53. The van der Waals surface area contributed by atoms with Crippen molar-refractivity contribution in [1.82, 2.24) is 29.9 Å². The first-order valence-corrected chi connectivity index (χ1v) is 11.0. The van der Waals surface area contributed by atoms with Crippen molar-refractivity contribution in [3.8, 4) is 5.69 Å². The Morgan fingerprint density at radius 2 is 1.91 bits per heavy atom. The first-order chi connectivity index (χ1) is 16.1. The predicted octanol–water partition coefficient (Wildman–Crippen LogP) is 3.76. The van der Waals surface area contributed by atoms with E-state index in [9.17, 15) is 18.0 Å². The third-order valence-corrected chi connectivity index (χ3v) is 6.15. The first kappa shape index (κ1) is 23.7. The van der Waals surface area contributed by atoms with Crippen LogP contribution in [0.2, 0.25) is 0 Å². The number of likely N-dealkylation sites (N-methyl/N-ethyl adjacent to an activating group) is 1. The highest BCUT2D eigenvalue weighted by molar-refractivity contribution is 5.96. The molecule has 3 aromatic rings. The highest BCUT2D eigenvalue weighted by Crippen LogP contribution is 2.30. The molecule has 1 fully saturated rings. The van der Waals surface area contributed by atoms with Crippen LogP contribution >= 0.6 is 0 Å². The van der Waals surface area contributed by atoms with Gasteiger partial charge >= 0.3 is 6.18 Å². The second kappa shape index (κ2) is 9.40. The summed E-state index contributed by atoms with van der Waals surface area (Å²) < 4.78 is 38.7. The number of hydrogen-bond donors (Lipinski definition) is 0. The van der Waals surface area contributed by atoms with Gasteiger partial charge in [0.25, 0.3) is 5.91 Å². The van der Waals surface area contributed by atoms with Crippen LogP contribution in [0.5, 0.6) is 0 Å². The SMILES string of the molecule is Cc1ccc(-n2nccn2)c(C(=O)N2CCCC(C)C2CN(C)c2ccc(C(F)(F)F)cn2)n1. The molecule has 4 heterocycles. The number of carbonyl (C=O) groups is 1. The fraction of sp³-hybridized carbons (Fsp3) is 0.435. The van der Waals surface area contributed by atoms with Gasteiger partial charge in [-0.2, -0.15) is 23.4 Å². The maximum Gasteiger partial charge on any atom is 0.417 e. The Labute approximate surface area is 195 Å². The third-order valence-electron chi connectivity index (χ3n) is 6.15. The number of likely N-dealkylation sites (tertiary alicyclic amines) is 1. The summed E-state index contributed by atoms with van der Waals surface area (Å²) in [5, 5.41) is 8.30. The number of anilines is 1. The summed E-state index contributed by atoms with van der Waals surface area (Å²) in [6.45, 7) is 4.88. The number of nitrogens with zero attached hydrogens (tertiary/aromatic N) is 7. The van der Waals surface area contributed by atoms with E-state index >= 15 is 0 Å². The zero-order valence-corrected chi connectivity index (χ0v) is 19.2. The van der Waals surface area contributed by atoms with Gasteiger partial charge in [-0.25, -0.2) is 9.97 Å². The molecule has 34 heavy (non-hydrogen) atoms. The number of aryl methyl sites for hydroxylation is 1. The minimum Gasteiger partial charge on any atom is -0.358 e. The molecule has 0 radical (unpaired) electrons.